The topological polar surface area (TPSA) is 108 Å². The average molecular weight is 352 g/mol. The Kier molecular flexibility index (Phi) is 5.37. The SMILES string of the molecule is COc1cc(CNS(=O)(=O)c2cccc([N+](=O)[O-])c2)cc(OC)c1. The van der Waals surface area contributed by atoms with Crippen molar-refractivity contribution < 1.29 is 22.8 Å². The minimum atomic E-state index is -3.89. The van der Waals surface area contributed by atoms with Gasteiger partial charge in [-0.25, -0.2) is 13.1 Å². The number of ether oxygens (including phenoxy) is 2. The van der Waals surface area contributed by atoms with Crippen LogP contribution in [-0.4, -0.2) is 27.6 Å². The van der Waals surface area contributed by atoms with Gasteiger partial charge in [-0.05, 0) is 23.8 Å². The molecule has 8 nitrogen and oxygen atoms in total. The molecule has 0 heterocycles. The Balaban J connectivity index is 2.21. The van der Waals surface area contributed by atoms with Crippen molar-refractivity contribution in [1.29, 1.82) is 0 Å². The number of hydrogen-bond donors (Lipinski definition) is 1. The number of non-ortho nitro benzene ring substituents is 1. The van der Waals surface area contributed by atoms with Gasteiger partial charge in [0.25, 0.3) is 5.69 Å². The number of hydrogen-bond acceptors (Lipinski definition) is 6. The third-order valence-electron chi connectivity index (χ3n) is 3.22. The molecule has 0 aliphatic carbocycles. The minimum absolute atomic E-state index is 0.0153. The molecule has 2 aromatic carbocycles. The van der Waals surface area contributed by atoms with Crippen LogP contribution in [0, 0.1) is 10.1 Å². The van der Waals surface area contributed by atoms with Crippen molar-refractivity contribution in [2.24, 2.45) is 0 Å². The van der Waals surface area contributed by atoms with E-state index in [1.54, 1.807) is 18.2 Å². The number of rotatable bonds is 7. The number of sulfonamides is 1. The maximum atomic E-state index is 12.3. The molecule has 0 atom stereocenters. The molecule has 0 saturated heterocycles. The summed E-state index contributed by atoms with van der Waals surface area (Å²) >= 11 is 0. The average Bonchev–Trinajstić information content (AvgIpc) is 2.59. The van der Waals surface area contributed by atoms with Crippen molar-refractivity contribution in [1.82, 2.24) is 4.72 Å². The number of nitrogens with zero attached hydrogens (tertiary/aromatic N) is 1. The Hall–Kier alpha value is -2.65. The second-order valence-corrected chi connectivity index (χ2v) is 6.57. The molecule has 24 heavy (non-hydrogen) atoms. The van der Waals surface area contributed by atoms with E-state index in [2.05, 4.69) is 4.72 Å². The Morgan fingerprint density at radius 2 is 1.71 bits per heavy atom. The Morgan fingerprint density at radius 1 is 1.08 bits per heavy atom. The summed E-state index contributed by atoms with van der Waals surface area (Å²) < 4.78 is 37.2. The van der Waals surface area contributed by atoms with E-state index in [1.165, 1.54) is 32.4 Å². The standard InChI is InChI=1S/C15H16N2O6S/c1-22-13-6-11(7-14(9-13)23-2)10-16-24(20,21)15-5-3-4-12(8-15)17(18)19/h3-9,16H,10H2,1-2H3. The summed E-state index contributed by atoms with van der Waals surface area (Å²) in [4.78, 5) is 9.94. The van der Waals surface area contributed by atoms with Gasteiger partial charge in [0.1, 0.15) is 11.5 Å². The molecule has 128 valence electrons. The molecule has 0 spiro atoms. The first-order valence-corrected chi connectivity index (χ1v) is 8.30. The third kappa shape index (κ3) is 4.21. The molecule has 0 aliphatic rings. The second-order valence-electron chi connectivity index (χ2n) is 4.80. The molecule has 0 fully saturated rings. The number of nitro groups is 1. The summed E-state index contributed by atoms with van der Waals surface area (Å²) in [5, 5.41) is 10.8. The second kappa shape index (κ2) is 7.28. The first-order chi connectivity index (χ1) is 11.4. The van der Waals surface area contributed by atoms with Crippen molar-refractivity contribution >= 4 is 15.7 Å². The van der Waals surface area contributed by atoms with Gasteiger partial charge in [0.2, 0.25) is 10.0 Å². The third-order valence-corrected chi connectivity index (χ3v) is 4.62. The van der Waals surface area contributed by atoms with E-state index in [-0.39, 0.29) is 17.1 Å². The highest BCUT2D eigenvalue weighted by atomic mass is 32.2. The summed E-state index contributed by atoms with van der Waals surface area (Å²) in [6, 6.07) is 9.85. The molecule has 1 N–H and O–H groups in total. The monoisotopic (exact) mass is 352 g/mol. The van der Waals surface area contributed by atoms with E-state index in [0.29, 0.717) is 17.1 Å². The van der Waals surface area contributed by atoms with Gasteiger partial charge in [-0.1, -0.05) is 6.07 Å². The van der Waals surface area contributed by atoms with Gasteiger partial charge < -0.3 is 9.47 Å². The van der Waals surface area contributed by atoms with E-state index in [4.69, 9.17) is 9.47 Å². The van der Waals surface area contributed by atoms with Crippen LogP contribution in [0.5, 0.6) is 11.5 Å². The molecule has 0 bridgehead atoms. The number of benzene rings is 2. The fourth-order valence-electron chi connectivity index (χ4n) is 1.99. The van der Waals surface area contributed by atoms with Gasteiger partial charge in [0.05, 0.1) is 24.0 Å². The van der Waals surface area contributed by atoms with Crippen molar-refractivity contribution in [3.05, 3.63) is 58.1 Å². The highest BCUT2D eigenvalue weighted by Gasteiger charge is 2.17. The summed E-state index contributed by atoms with van der Waals surface area (Å²) in [6.07, 6.45) is 0. The van der Waals surface area contributed by atoms with E-state index in [1.807, 2.05) is 0 Å². The molecule has 0 unspecified atom stereocenters. The normalized spacial score (nSPS) is 11.1. The van der Waals surface area contributed by atoms with Crippen LogP contribution in [0.25, 0.3) is 0 Å². The van der Waals surface area contributed by atoms with Gasteiger partial charge in [-0.15, -0.1) is 0 Å². The highest BCUT2D eigenvalue weighted by molar-refractivity contribution is 7.89. The zero-order valence-corrected chi connectivity index (χ0v) is 13.9. The van der Waals surface area contributed by atoms with E-state index in [9.17, 15) is 18.5 Å². The predicted molar refractivity (Wildman–Crippen MR) is 86.7 cm³/mol. The summed E-state index contributed by atoms with van der Waals surface area (Å²) in [5.74, 6) is 1.05. The first-order valence-electron chi connectivity index (χ1n) is 6.82. The lowest BCUT2D eigenvalue weighted by molar-refractivity contribution is -0.385. The molecular weight excluding hydrogens is 336 g/mol. The number of methoxy groups -OCH3 is 2. The quantitative estimate of drug-likeness (QED) is 0.604. The Labute approximate surface area is 139 Å². The maximum absolute atomic E-state index is 12.3. The number of nitro benzene ring substituents is 1. The molecule has 9 heteroatoms. The first kappa shape index (κ1) is 17.7. The predicted octanol–water partition coefficient (Wildman–Crippen LogP) is 2.09. The van der Waals surface area contributed by atoms with E-state index in [0.717, 1.165) is 6.07 Å². The van der Waals surface area contributed by atoms with Crippen LogP contribution < -0.4 is 14.2 Å². The molecule has 0 radical (unpaired) electrons. The molecule has 0 aromatic heterocycles. The van der Waals surface area contributed by atoms with Crippen LogP contribution >= 0.6 is 0 Å². The lowest BCUT2D eigenvalue weighted by atomic mass is 10.2. The van der Waals surface area contributed by atoms with Crippen LogP contribution in [0.4, 0.5) is 5.69 Å². The molecule has 0 amide bonds. The fraction of sp³-hybridized carbons (Fsp3) is 0.200. The Morgan fingerprint density at radius 3 is 2.25 bits per heavy atom. The molecule has 0 saturated carbocycles. The van der Waals surface area contributed by atoms with E-state index < -0.39 is 14.9 Å². The van der Waals surface area contributed by atoms with Crippen LogP contribution in [0.2, 0.25) is 0 Å². The van der Waals surface area contributed by atoms with Crippen molar-refractivity contribution in [2.75, 3.05) is 14.2 Å². The Bertz CT molecular complexity index is 829. The van der Waals surface area contributed by atoms with Gasteiger partial charge in [0.15, 0.2) is 0 Å². The van der Waals surface area contributed by atoms with Gasteiger partial charge in [-0.3, -0.25) is 10.1 Å². The van der Waals surface area contributed by atoms with Crippen LogP contribution in [0.15, 0.2) is 47.4 Å². The molecular formula is C15H16N2O6S. The lowest BCUT2D eigenvalue weighted by Crippen LogP contribution is -2.23. The largest absolute Gasteiger partial charge is 0.497 e. The van der Waals surface area contributed by atoms with Crippen molar-refractivity contribution in [2.45, 2.75) is 11.4 Å². The summed E-state index contributed by atoms with van der Waals surface area (Å²) in [6.45, 7) is -0.0153. The van der Waals surface area contributed by atoms with Crippen molar-refractivity contribution in [3.63, 3.8) is 0 Å². The van der Waals surface area contributed by atoms with Gasteiger partial charge in [-0.2, -0.15) is 0 Å². The van der Waals surface area contributed by atoms with Crippen molar-refractivity contribution in [3.8, 4) is 11.5 Å². The zero-order valence-electron chi connectivity index (χ0n) is 13.1. The van der Waals surface area contributed by atoms with E-state index >= 15 is 0 Å². The maximum Gasteiger partial charge on any atom is 0.270 e. The van der Waals surface area contributed by atoms with Crippen LogP contribution in [0.1, 0.15) is 5.56 Å². The van der Waals surface area contributed by atoms with Gasteiger partial charge in [0, 0.05) is 24.7 Å². The minimum Gasteiger partial charge on any atom is -0.497 e. The smallest absolute Gasteiger partial charge is 0.270 e. The molecule has 2 aromatic rings. The number of nitrogens with one attached hydrogen (secondary N) is 1. The summed E-state index contributed by atoms with van der Waals surface area (Å²) in [7, 11) is -0.906. The molecule has 0 aliphatic heterocycles. The van der Waals surface area contributed by atoms with Crippen LogP contribution in [0.3, 0.4) is 0 Å². The highest BCUT2D eigenvalue weighted by Crippen LogP contribution is 2.23. The summed E-state index contributed by atoms with van der Waals surface area (Å²) in [5.41, 5.74) is 0.334. The van der Waals surface area contributed by atoms with Crippen LogP contribution in [-0.2, 0) is 16.6 Å². The lowest BCUT2D eigenvalue weighted by Gasteiger charge is -2.10. The zero-order chi connectivity index (χ0) is 17.7. The molecule has 2 rings (SSSR count). The fourth-order valence-corrected chi connectivity index (χ4v) is 3.05. The van der Waals surface area contributed by atoms with Gasteiger partial charge >= 0.3 is 0 Å².